The molecule has 3 nitrogen and oxygen atoms in total. The number of halogens is 4. The number of ether oxygens (including phenoxy) is 1. The summed E-state index contributed by atoms with van der Waals surface area (Å²) in [4.78, 5) is 11.3. The van der Waals surface area contributed by atoms with Crippen molar-refractivity contribution in [3.63, 3.8) is 0 Å². The van der Waals surface area contributed by atoms with Crippen LogP contribution in [0.1, 0.15) is 13.8 Å². The smallest absolute Gasteiger partial charge is 0.349 e. The molecule has 0 aromatic carbocycles. The zero-order valence-electron chi connectivity index (χ0n) is 7.64. The number of rotatable bonds is 1. The molecule has 0 amide bonds. The van der Waals surface area contributed by atoms with Crippen molar-refractivity contribution < 1.29 is 13.7 Å². The van der Waals surface area contributed by atoms with Gasteiger partial charge in [-0.25, -0.2) is 9.00 Å². The molecular formula is C7H6BrCl3O3S. The maximum atomic E-state index is 11.7. The number of carbonyl (C=O) groups excluding carboxylic acids is 1. The Morgan fingerprint density at radius 2 is 1.87 bits per heavy atom. The van der Waals surface area contributed by atoms with Crippen LogP contribution in [0.15, 0.2) is 9.39 Å². The fourth-order valence-electron chi connectivity index (χ4n) is 0.959. The average Bonchev–Trinajstić information content (AvgIpc) is 2.19. The molecule has 0 aromatic heterocycles. The van der Waals surface area contributed by atoms with Gasteiger partial charge in [0, 0.05) is 0 Å². The highest BCUT2D eigenvalue weighted by molar-refractivity contribution is 9.12. The summed E-state index contributed by atoms with van der Waals surface area (Å²) in [5, 5.41) is 0. The van der Waals surface area contributed by atoms with E-state index in [0.29, 0.717) is 4.48 Å². The van der Waals surface area contributed by atoms with Crippen LogP contribution in [0.5, 0.6) is 0 Å². The van der Waals surface area contributed by atoms with Gasteiger partial charge in [0.15, 0.2) is 0 Å². The molecule has 0 N–H and O–H groups in total. The minimum Gasteiger partial charge on any atom is -0.450 e. The van der Waals surface area contributed by atoms with E-state index in [4.69, 9.17) is 39.5 Å². The molecule has 0 fully saturated rings. The normalized spacial score (nSPS) is 22.9. The van der Waals surface area contributed by atoms with Gasteiger partial charge >= 0.3 is 5.97 Å². The summed E-state index contributed by atoms with van der Waals surface area (Å²) in [6.07, 6.45) is 0. The molecule has 0 bridgehead atoms. The first-order valence-corrected chi connectivity index (χ1v) is 6.77. The Morgan fingerprint density at radius 1 is 1.40 bits per heavy atom. The van der Waals surface area contributed by atoms with E-state index in [2.05, 4.69) is 15.9 Å². The molecule has 0 aliphatic carbocycles. The van der Waals surface area contributed by atoms with Crippen molar-refractivity contribution >= 4 is 67.5 Å². The van der Waals surface area contributed by atoms with Gasteiger partial charge in [-0.05, 0) is 29.8 Å². The van der Waals surface area contributed by atoms with E-state index in [0.717, 1.165) is 0 Å². The van der Waals surface area contributed by atoms with Crippen LogP contribution in [0, 0.1) is 0 Å². The van der Waals surface area contributed by atoms with Crippen LogP contribution in [0.3, 0.4) is 0 Å². The average molecular weight is 356 g/mol. The first kappa shape index (κ1) is 13.8. The van der Waals surface area contributed by atoms with E-state index in [1.165, 1.54) is 0 Å². The number of hydrogen-bond donors (Lipinski definition) is 0. The van der Waals surface area contributed by atoms with Crippen LogP contribution < -0.4 is 0 Å². The molecule has 1 unspecified atom stereocenters. The quantitative estimate of drug-likeness (QED) is 0.536. The van der Waals surface area contributed by atoms with E-state index >= 15 is 0 Å². The minimum absolute atomic E-state index is 0.139. The van der Waals surface area contributed by atoms with Gasteiger partial charge in [0.2, 0.25) is 0 Å². The van der Waals surface area contributed by atoms with E-state index < -0.39 is 25.5 Å². The Kier molecular flexibility index (Phi) is 3.84. The summed E-state index contributed by atoms with van der Waals surface area (Å²) >= 11 is 19.5. The minimum atomic E-state index is -2.06. The van der Waals surface area contributed by atoms with Crippen molar-refractivity contribution in [1.82, 2.24) is 0 Å². The summed E-state index contributed by atoms with van der Waals surface area (Å²) in [5.41, 5.74) is -0.877. The number of esters is 1. The summed E-state index contributed by atoms with van der Waals surface area (Å²) in [7, 11) is -2.06. The van der Waals surface area contributed by atoms with Crippen molar-refractivity contribution in [2.75, 3.05) is 0 Å². The highest BCUT2D eigenvalue weighted by Crippen LogP contribution is 2.43. The molecule has 1 aliphatic rings. The number of cyclic esters (lactones) is 1. The fraction of sp³-hybridized carbons (Fsp3) is 0.571. The Hall–Kier alpha value is 0.710. The van der Waals surface area contributed by atoms with Gasteiger partial charge in [-0.1, -0.05) is 34.8 Å². The van der Waals surface area contributed by atoms with Crippen LogP contribution in [0.2, 0.25) is 0 Å². The summed E-state index contributed by atoms with van der Waals surface area (Å²) in [6.45, 7) is 3.27. The van der Waals surface area contributed by atoms with E-state index in [1.54, 1.807) is 13.8 Å². The predicted molar refractivity (Wildman–Crippen MR) is 64.6 cm³/mol. The van der Waals surface area contributed by atoms with Crippen molar-refractivity contribution in [3.8, 4) is 0 Å². The Morgan fingerprint density at radius 3 is 2.13 bits per heavy atom. The zero-order chi connectivity index (χ0) is 12.0. The van der Waals surface area contributed by atoms with Crippen LogP contribution in [-0.2, 0) is 20.3 Å². The third kappa shape index (κ3) is 2.69. The second kappa shape index (κ2) is 4.18. The number of alkyl halides is 3. The molecule has 1 heterocycles. The van der Waals surface area contributed by atoms with Crippen molar-refractivity contribution in [2.24, 2.45) is 0 Å². The molecule has 0 saturated heterocycles. The monoisotopic (exact) mass is 354 g/mol. The topological polar surface area (TPSA) is 43.4 Å². The summed E-state index contributed by atoms with van der Waals surface area (Å²) in [6, 6.07) is 0. The third-order valence-electron chi connectivity index (χ3n) is 1.66. The van der Waals surface area contributed by atoms with E-state index in [-0.39, 0.29) is 4.91 Å². The Bertz CT molecular complexity index is 372. The lowest BCUT2D eigenvalue weighted by Gasteiger charge is -2.16. The van der Waals surface area contributed by atoms with Crippen LogP contribution in [0.25, 0.3) is 0 Å². The lowest BCUT2D eigenvalue weighted by Crippen LogP contribution is -2.20. The molecule has 86 valence electrons. The first-order chi connectivity index (χ1) is 6.57. The van der Waals surface area contributed by atoms with Gasteiger partial charge in [-0.15, -0.1) is 0 Å². The first-order valence-electron chi connectivity index (χ1n) is 3.69. The molecule has 8 heteroatoms. The molecule has 15 heavy (non-hydrogen) atoms. The molecule has 1 rings (SSSR count). The molecule has 0 aromatic rings. The molecule has 1 atom stereocenters. The predicted octanol–water partition coefficient (Wildman–Crippen LogP) is 3.00. The summed E-state index contributed by atoms with van der Waals surface area (Å²) in [5.74, 6) is -0.739. The van der Waals surface area contributed by atoms with Crippen LogP contribution in [0.4, 0.5) is 0 Å². The molecule has 0 radical (unpaired) electrons. The Labute approximate surface area is 113 Å². The molecule has 0 saturated carbocycles. The second-order valence-corrected chi connectivity index (χ2v) is 8.56. The zero-order valence-corrected chi connectivity index (χ0v) is 12.3. The lowest BCUT2D eigenvalue weighted by molar-refractivity contribution is -0.143. The standard InChI is InChI=1S/C7H6BrCl3O3S/c1-6(2)4(8)3(5(12)14-6)15(13)7(9,10)11/h1-2H3. The van der Waals surface area contributed by atoms with Crippen molar-refractivity contribution in [3.05, 3.63) is 9.39 Å². The van der Waals surface area contributed by atoms with Crippen molar-refractivity contribution in [2.45, 2.75) is 22.6 Å². The largest absolute Gasteiger partial charge is 0.450 e. The second-order valence-electron chi connectivity index (χ2n) is 3.26. The maximum Gasteiger partial charge on any atom is 0.349 e. The third-order valence-corrected chi connectivity index (χ3v) is 5.69. The van der Waals surface area contributed by atoms with Gasteiger partial charge in [0.1, 0.15) is 21.3 Å². The highest BCUT2D eigenvalue weighted by atomic mass is 79.9. The summed E-state index contributed by atoms with van der Waals surface area (Å²) < 4.78 is 15.0. The fourth-order valence-corrected chi connectivity index (χ4v) is 3.17. The molecular weight excluding hydrogens is 350 g/mol. The van der Waals surface area contributed by atoms with Gasteiger partial charge in [0.05, 0.1) is 4.48 Å². The maximum absolute atomic E-state index is 11.7. The van der Waals surface area contributed by atoms with Gasteiger partial charge in [-0.3, -0.25) is 0 Å². The SMILES string of the molecule is CC1(C)OC(=O)C(S(=O)C(Cl)(Cl)Cl)=C1Br. The van der Waals surface area contributed by atoms with Gasteiger partial charge in [0.25, 0.3) is 3.12 Å². The highest BCUT2D eigenvalue weighted by Gasteiger charge is 2.46. The molecule has 1 aliphatic heterocycles. The number of carbonyl (C=O) groups is 1. The Balaban J connectivity index is 3.21. The molecule has 0 spiro atoms. The van der Waals surface area contributed by atoms with E-state index in [1.807, 2.05) is 0 Å². The van der Waals surface area contributed by atoms with Crippen LogP contribution in [-0.4, -0.2) is 18.9 Å². The van der Waals surface area contributed by atoms with Gasteiger partial charge < -0.3 is 4.74 Å². The van der Waals surface area contributed by atoms with E-state index in [9.17, 15) is 9.00 Å². The van der Waals surface area contributed by atoms with Gasteiger partial charge in [-0.2, -0.15) is 0 Å². The van der Waals surface area contributed by atoms with Crippen LogP contribution >= 0.6 is 50.7 Å². The number of hydrogen-bond acceptors (Lipinski definition) is 3. The lowest BCUT2D eigenvalue weighted by atomic mass is 10.1. The van der Waals surface area contributed by atoms with Crippen molar-refractivity contribution in [1.29, 1.82) is 0 Å².